The molecule has 104 valence electrons. The van der Waals surface area contributed by atoms with E-state index < -0.39 is 0 Å². The summed E-state index contributed by atoms with van der Waals surface area (Å²) in [5, 5.41) is 5.88. The Kier molecular flexibility index (Phi) is 3.52. The zero-order valence-electron chi connectivity index (χ0n) is 11.3. The molecule has 2 aliphatic heterocycles. The molecule has 0 aromatic carbocycles. The summed E-state index contributed by atoms with van der Waals surface area (Å²) < 4.78 is 1.99. The molecular formula is C13H20N4O2. The third-order valence-corrected chi connectivity index (χ3v) is 3.74. The average Bonchev–Trinajstić information content (AvgIpc) is 2.88. The molecule has 1 amide bonds. The van der Waals surface area contributed by atoms with E-state index in [1.165, 1.54) is 10.8 Å². The molecule has 3 rings (SSSR count). The third-order valence-electron chi connectivity index (χ3n) is 3.74. The predicted molar refractivity (Wildman–Crippen MR) is 69.1 cm³/mol. The van der Waals surface area contributed by atoms with E-state index in [-0.39, 0.29) is 11.9 Å². The minimum Gasteiger partial charge on any atom is -0.298 e. The van der Waals surface area contributed by atoms with Crippen molar-refractivity contribution in [2.75, 3.05) is 26.7 Å². The van der Waals surface area contributed by atoms with Crippen LogP contribution in [-0.4, -0.2) is 52.4 Å². The van der Waals surface area contributed by atoms with Crippen LogP contribution in [0.4, 0.5) is 0 Å². The summed E-state index contributed by atoms with van der Waals surface area (Å²) in [4.78, 5) is 19.9. The van der Waals surface area contributed by atoms with Gasteiger partial charge in [-0.15, -0.1) is 0 Å². The molecule has 6 heteroatoms. The third kappa shape index (κ3) is 2.64. The number of nitrogens with zero attached hydrogens (tertiary/aromatic N) is 4. The van der Waals surface area contributed by atoms with Gasteiger partial charge in [0.05, 0.1) is 24.8 Å². The second-order valence-corrected chi connectivity index (χ2v) is 5.36. The minimum atomic E-state index is 0.0708. The molecular weight excluding hydrogens is 244 g/mol. The maximum atomic E-state index is 12.2. The number of likely N-dealkylation sites (N-methyl/N-ethyl adjacent to an activating group) is 1. The highest BCUT2D eigenvalue weighted by Gasteiger charge is 2.28. The lowest BCUT2D eigenvalue weighted by Crippen LogP contribution is -2.41. The van der Waals surface area contributed by atoms with Crippen molar-refractivity contribution < 1.29 is 9.63 Å². The molecule has 1 unspecified atom stereocenters. The van der Waals surface area contributed by atoms with Crippen LogP contribution < -0.4 is 0 Å². The second-order valence-electron chi connectivity index (χ2n) is 5.36. The summed E-state index contributed by atoms with van der Waals surface area (Å²) in [6.07, 6.45) is 4.34. The van der Waals surface area contributed by atoms with Crippen molar-refractivity contribution >= 4 is 5.91 Å². The highest BCUT2D eigenvalue weighted by atomic mass is 16.7. The van der Waals surface area contributed by atoms with Gasteiger partial charge in [-0.05, 0) is 26.0 Å². The lowest BCUT2D eigenvalue weighted by molar-refractivity contribution is -0.198. The second kappa shape index (κ2) is 5.30. The molecule has 0 bridgehead atoms. The lowest BCUT2D eigenvalue weighted by atomic mass is 10.1. The Balaban J connectivity index is 1.68. The number of carbonyl (C=O) groups is 1. The van der Waals surface area contributed by atoms with Crippen LogP contribution in [0.2, 0.25) is 0 Å². The maximum Gasteiger partial charge on any atom is 0.248 e. The van der Waals surface area contributed by atoms with Gasteiger partial charge >= 0.3 is 0 Å². The van der Waals surface area contributed by atoms with Gasteiger partial charge in [0.15, 0.2) is 0 Å². The van der Waals surface area contributed by atoms with E-state index in [2.05, 4.69) is 17.0 Å². The fourth-order valence-corrected chi connectivity index (χ4v) is 2.82. The van der Waals surface area contributed by atoms with E-state index in [4.69, 9.17) is 4.84 Å². The van der Waals surface area contributed by atoms with Crippen LogP contribution in [-0.2, 0) is 16.2 Å². The van der Waals surface area contributed by atoms with Crippen molar-refractivity contribution in [2.24, 2.45) is 0 Å². The van der Waals surface area contributed by atoms with Crippen LogP contribution in [0.15, 0.2) is 12.3 Å². The first-order chi connectivity index (χ1) is 9.24. The van der Waals surface area contributed by atoms with Gasteiger partial charge in [0.2, 0.25) is 5.91 Å². The van der Waals surface area contributed by atoms with E-state index in [0.717, 1.165) is 25.9 Å². The first kappa shape index (κ1) is 12.6. The Morgan fingerprint density at radius 1 is 1.53 bits per heavy atom. The largest absolute Gasteiger partial charge is 0.298 e. The van der Waals surface area contributed by atoms with Crippen LogP contribution in [0, 0.1) is 0 Å². The van der Waals surface area contributed by atoms with Crippen molar-refractivity contribution in [3.8, 4) is 0 Å². The highest BCUT2D eigenvalue weighted by Crippen LogP contribution is 2.23. The molecule has 1 aromatic rings. The van der Waals surface area contributed by atoms with Gasteiger partial charge in [0, 0.05) is 25.8 Å². The Hall–Kier alpha value is -1.40. The van der Waals surface area contributed by atoms with E-state index in [1.54, 1.807) is 0 Å². The minimum absolute atomic E-state index is 0.0708. The SMILES string of the molecule is CN1Cc2ccnn2C(CC(=O)N2CCCCO2)C1. The van der Waals surface area contributed by atoms with Crippen molar-refractivity contribution in [3.05, 3.63) is 18.0 Å². The molecule has 1 fully saturated rings. The lowest BCUT2D eigenvalue weighted by Gasteiger charge is -2.33. The maximum absolute atomic E-state index is 12.2. The van der Waals surface area contributed by atoms with Crippen molar-refractivity contribution in [3.63, 3.8) is 0 Å². The number of carbonyl (C=O) groups excluding carboxylic acids is 1. The van der Waals surface area contributed by atoms with Crippen LogP contribution in [0.1, 0.15) is 31.0 Å². The fraction of sp³-hybridized carbons (Fsp3) is 0.692. The number of fused-ring (bicyclic) bond motifs is 1. The van der Waals surface area contributed by atoms with Gasteiger partial charge in [0.25, 0.3) is 0 Å². The van der Waals surface area contributed by atoms with Crippen molar-refractivity contribution in [2.45, 2.75) is 31.8 Å². The smallest absolute Gasteiger partial charge is 0.248 e. The monoisotopic (exact) mass is 264 g/mol. The van der Waals surface area contributed by atoms with Crippen molar-refractivity contribution in [1.82, 2.24) is 19.7 Å². The van der Waals surface area contributed by atoms with Crippen molar-refractivity contribution in [1.29, 1.82) is 0 Å². The number of hydrogen-bond acceptors (Lipinski definition) is 4. The molecule has 1 aromatic heterocycles. The molecule has 0 spiro atoms. The van der Waals surface area contributed by atoms with Gasteiger partial charge in [-0.2, -0.15) is 5.10 Å². The number of rotatable bonds is 2. The van der Waals surface area contributed by atoms with Gasteiger partial charge < -0.3 is 0 Å². The zero-order valence-corrected chi connectivity index (χ0v) is 11.3. The number of aromatic nitrogens is 2. The molecule has 0 N–H and O–H groups in total. The predicted octanol–water partition coefficient (Wildman–Crippen LogP) is 0.814. The van der Waals surface area contributed by atoms with E-state index in [1.807, 2.05) is 16.9 Å². The van der Waals surface area contributed by atoms with Gasteiger partial charge in [-0.25, -0.2) is 5.06 Å². The molecule has 0 saturated carbocycles. The van der Waals surface area contributed by atoms with E-state index in [0.29, 0.717) is 19.6 Å². The van der Waals surface area contributed by atoms with Crippen LogP contribution in [0.5, 0.6) is 0 Å². The summed E-state index contributed by atoms with van der Waals surface area (Å²) in [7, 11) is 2.07. The molecule has 1 saturated heterocycles. The normalized spacial score (nSPS) is 24.3. The Morgan fingerprint density at radius 3 is 3.21 bits per heavy atom. The summed E-state index contributed by atoms with van der Waals surface area (Å²) in [5.74, 6) is 0.0708. The molecule has 0 radical (unpaired) electrons. The zero-order chi connectivity index (χ0) is 13.2. The molecule has 19 heavy (non-hydrogen) atoms. The summed E-state index contributed by atoms with van der Waals surface area (Å²) in [6.45, 7) is 3.12. The molecule has 6 nitrogen and oxygen atoms in total. The summed E-state index contributed by atoms with van der Waals surface area (Å²) >= 11 is 0. The van der Waals surface area contributed by atoms with E-state index >= 15 is 0 Å². The Morgan fingerprint density at radius 2 is 2.42 bits per heavy atom. The number of hydroxylamine groups is 2. The average molecular weight is 264 g/mol. The van der Waals surface area contributed by atoms with E-state index in [9.17, 15) is 4.79 Å². The Bertz CT molecular complexity index is 453. The standard InChI is InChI=1S/C13H20N4O2/c1-15-9-11-4-5-14-17(11)12(10-15)8-13(18)16-6-2-3-7-19-16/h4-5,12H,2-3,6-10H2,1H3. The van der Waals surface area contributed by atoms with Gasteiger partial charge in [-0.1, -0.05) is 0 Å². The topological polar surface area (TPSA) is 50.6 Å². The fourth-order valence-electron chi connectivity index (χ4n) is 2.82. The van der Waals surface area contributed by atoms with Crippen LogP contribution in [0.3, 0.4) is 0 Å². The highest BCUT2D eigenvalue weighted by molar-refractivity contribution is 5.75. The molecule has 1 atom stereocenters. The Labute approximate surface area is 112 Å². The van der Waals surface area contributed by atoms with Crippen LogP contribution in [0.25, 0.3) is 0 Å². The van der Waals surface area contributed by atoms with Gasteiger partial charge in [-0.3, -0.25) is 19.2 Å². The molecule has 3 heterocycles. The summed E-state index contributed by atoms with van der Waals surface area (Å²) in [5.41, 5.74) is 1.17. The first-order valence-electron chi connectivity index (χ1n) is 6.88. The van der Waals surface area contributed by atoms with Crippen LogP contribution >= 0.6 is 0 Å². The van der Waals surface area contributed by atoms with Gasteiger partial charge in [0.1, 0.15) is 0 Å². The molecule has 0 aliphatic carbocycles. The molecule has 2 aliphatic rings. The number of amides is 1. The summed E-state index contributed by atoms with van der Waals surface area (Å²) in [6, 6.07) is 2.13. The quantitative estimate of drug-likeness (QED) is 0.793. The first-order valence-corrected chi connectivity index (χ1v) is 6.88. The number of hydrogen-bond donors (Lipinski definition) is 0.